The molecule has 1 heterocycles. The van der Waals surface area contributed by atoms with Crippen LogP contribution in [0.4, 0.5) is 0 Å². The first-order valence-corrected chi connectivity index (χ1v) is 8.67. The lowest BCUT2D eigenvalue weighted by molar-refractivity contribution is 0.284. The molecule has 3 aromatic rings. The van der Waals surface area contributed by atoms with E-state index in [-0.39, 0.29) is 0 Å². The highest BCUT2D eigenvalue weighted by Crippen LogP contribution is 2.28. The van der Waals surface area contributed by atoms with Crippen molar-refractivity contribution in [3.8, 4) is 11.5 Å². The van der Waals surface area contributed by atoms with E-state index in [0.29, 0.717) is 22.9 Å². The van der Waals surface area contributed by atoms with E-state index in [1.165, 1.54) is 0 Å². The van der Waals surface area contributed by atoms with Crippen LogP contribution >= 0.6 is 12.2 Å². The van der Waals surface area contributed by atoms with Crippen LogP contribution in [-0.4, -0.2) is 28.2 Å². The minimum atomic E-state index is 0.463. The van der Waals surface area contributed by atoms with E-state index >= 15 is 0 Å². The second-order valence-electron chi connectivity index (χ2n) is 5.54. The predicted molar refractivity (Wildman–Crippen MR) is 104 cm³/mol. The number of aryl methyl sites for hydroxylation is 1. The van der Waals surface area contributed by atoms with E-state index in [1.54, 1.807) is 18.0 Å². The summed E-state index contributed by atoms with van der Waals surface area (Å²) in [5.74, 6) is 2.11. The third-order valence-corrected chi connectivity index (χ3v) is 4.05. The summed E-state index contributed by atoms with van der Waals surface area (Å²) in [6.07, 6.45) is 2.46. The summed E-state index contributed by atoms with van der Waals surface area (Å²) in [4.78, 5) is 0. The molecule has 0 fully saturated rings. The van der Waals surface area contributed by atoms with Crippen LogP contribution in [0.25, 0.3) is 0 Å². The molecule has 134 valence electrons. The molecule has 0 saturated heterocycles. The highest BCUT2D eigenvalue weighted by Gasteiger charge is 2.06. The van der Waals surface area contributed by atoms with E-state index in [9.17, 15) is 0 Å². The number of benzene rings is 2. The lowest BCUT2D eigenvalue weighted by Gasteiger charge is -2.11. The first kappa shape index (κ1) is 17.9. The van der Waals surface area contributed by atoms with Gasteiger partial charge in [0.05, 0.1) is 13.3 Å². The van der Waals surface area contributed by atoms with Gasteiger partial charge in [0.2, 0.25) is 4.77 Å². The summed E-state index contributed by atoms with van der Waals surface area (Å²) in [5, 5.41) is 11.3. The van der Waals surface area contributed by atoms with Gasteiger partial charge in [0.25, 0.3) is 0 Å². The molecule has 0 aliphatic carbocycles. The Morgan fingerprint density at radius 1 is 1.19 bits per heavy atom. The summed E-state index contributed by atoms with van der Waals surface area (Å²) in [5.41, 5.74) is 1.96. The summed E-state index contributed by atoms with van der Waals surface area (Å²) in [6.45, 7) is 2.46. The second kappa shape index (κ2) is 8.44. The number of methoxy groups -OCH3 is 1. The van der Waals surface area contributed by atoms with Crippen molar-refractivity contribution < 1.29 is 9.47 Å². The highest BCUT2D eigenvalue weighted by molar-refractivity contribution is 7.71. The van der Waals surface area contributed by atoms with Crippen molar-refractivity contribution in [1.29, 1.82) is 0 Å². The normalized spacial score (nSPS) is 11.0. The average molecular weight is 368 g/mol. The molecular weight excluding hydrogens is 348 g/mol. The molecule has 1 N–H and O–H groups in total. The standard InChI is InChI=1S/C19H20N4O2S/c1-3-18-21-22-19(26)23(18)20-12-15-9-10-16(24-2)17(11-15)25-13-14-7-5-4-6-8-14/h4-12H,3,13H2,1-2H3,(H,22,26)/b20-12-. The smallest absolute Gasteiger partial charge is 0.216 e. The van der Waals surface area contributed by atoms with Crippen molar-refractivity contribution in [3.63, 3.8) is 0 Å². The maximum absolute atomic E-state index is 5.93. The molecule has 0 amide bonds. The fourth-order valence-corrected chi connectivity index (χ4v) is 2.62. The highest BCUT2D eigenvalue weighted by atomic mass is 32.1. The summed E-state index contributed by atoms with van der Waals surface area (Å²) < 4.78 is 13.4. The van der Waals surface area contributed by atoms with E-state index in [0.717, 1.165) is 23.4 Å². The van der Waals surface area contributed by atoms with E-state index in [1.807, 2.05) is 55.5 Å². The maximum atomic E-state index is 5.93. The fourth-order valence-electron chi connectivity index (χ4n) is 2.42. The molecule has 6 nitrogen and oxygen atoms in total. The topological polar surface area (TPSA) is 64.4 Å². The lowest BCUT2D eigenvalue weighted by atomic mass is 10.2. The zero-order chi connectivity index (χ0) is 18.4. The van der Waals surface area contributed by atoms with E-state index in [4.69, 9.17) is 21.7 Å². The Morgan fingerprint density at radius 3 is 2.73 bits per heavy atom. The zero-order valence-corrected chi connectivity index (χ0v) is 15.5. The molecular formula is C19H20N4O2S. The summed E-state index contributed by atoms with van der Waals surface area (Å²) in [7, 11) is 1.62. The number of hydrogen-bond donors (Lipinski definition) is 1. The quantitative estimate of drug-likeness (QED) is 0.506. The van der Waals surface area contributed by atoms with Crippen molar-refractivity contribution in [1.82, 2.24) is 14.9 Å². The number of nitrogens with zero attached hydrogens (tertiary/aromatic N) is 3. The third kappa shape index (κ3) is 4.18. The summed E-state index contributed by atoms with van der Waals surface area (Å²) >= 11 is 5.20. The first-order valence-electron chi connectivity index (χ1n) is 8.26. The summed E-state index contributed by atoms with van der Waals surface area (Å²) in [6, 6.07) is 15.6. The van der Waals surface area contributed by atoms with Crippen LogP contribution in [0.2, 0.25) is 0 Å². The van der Waals surface area contributed by atoms with Gasteiger partial charge in [-0.3, -0.25) is 5.10 Å². The zero-order valence-electron chi connectivity index (χ0n) is 14.7. The Kier molecular flexibility index (Phi) is 5.80. The number of ether oxygens (including phenoxy) is 2. The minimum Gasteiger partial charge on any atom is -0.493 e. The lowest BCUT2D eigenvalue weighted by Crippen LogP contribution is -2.00. The van der Waals surface area contributed by atoms with Crippen molar-refractivity contribution >= 4 is 18.4 Å². The third-order valence-electron chi connectivity index (χ3n) is 3.78. The maximum Gasteiger partial charge on any atom is 0.216 e. The SMILES string of the molecule is CCc1n[nH]c(=S)n1/N=C\c1ccc(OC)c(OCc2ccccc2)c1. The van der Waals surface area contributed by atoms with Crippen LogP contribution in [0.5, 0.6) is 11.5 Å². The Hall–Kier alpha value is -2.93. The Morgan fingerprint density at radius 2 is 2.00 bits per heavy atom. The van der Waals surface area contributed by atoms with Gasteiger partial charge in [-0.1, -0.05) is 37.3 Å². The number of hydrogen-bond acceptors (Lipinski definition) is 5. The molecule has 0 unspecified atom stereocenters. The molecule has 3 rings (SSSR count). The Labute approximate surface area is 157 Å². The van der Waals surface area contributed by atoms with Gasteiger partial charge in [-0.25, -0.2) is 0 Å². The molecule has 2 aromatic carbocycles. The van der Waals surface area contributed by atoms with Gasteiger partial charge in [-0.15, -0.1) is 0 Å². The minimum absolute atomic E-state index is 0.463. The van der Waals surface area contributed by atoms with Gasteiger partial charge in [0.15, 0.2) is 17.3 Å². The monoisotopic (exact) mass is 368 g/mol. The molecule has 1 aromatic heterocycles. The van der Waals surface area contributed by atoms with E-state index in [2.05, 4.69) is 15.3 Å². The van der Waals surface area contributed by atoms with Gasteiger partial charge in [-0.2, -0.15) is 14.9 Å². The van der Waals surface area contributed by atoms with E-state index < -0.39 is 0 Å². The Balaban J connectivity index is 1.81. The van der Waals surface area contributed by atoms with Crippen molar-refractivity contribution in [2.45, 2.75) is 20.0 Å². The molecule has 0 saturated carbocycles. The van der Waals surface area contributed by atoms with Crippen LogP contribution in [0.3, 0.4) is 0 Å². The van der Waals surface area contributed by atoms with Crippen molar-refractivity contribution in [2.24, 2.45) is 5.10 Å². The Bertz CT molecular complexity index is 948. The van der Waals surface area contributed by atoms with Gasteiger partial charge >= 0.3 is 0 Å². The number of H-pyrrole nitrogens is 1. The molecule has 0 aliphatic rings. The first-order chi connectivity index (χ1) is 12.7. The van der Waals surface area contributed by atoms with Gasteiger partial charge in [-0.05, 0) is 41.5 Å². The van der Waals surface area contributed by atoms with Gasteiger partial charge in [0.1, 0.15) is 6.61 Å². The van der Waals surface area contributed by atoms with Crippen molar-refractivity contribution in [2.75, 3.05) is 7.11 Å². The molecule has 0 spiro atoms. The molecule has 0 bridgehead atoms. The number of aromatic nitrogens is 3. The number of aromatic amines is 1. The molecule has 0 radical (unpaired) electrons. The van der Waals surface area contributed by atoms with Crippen molar-refractivity contribution in [3.05, 3.63) is 70.3 Å². The molecule has 0 atom stereocenters. The number of nitrogens with one attached hydrogen (secondary N) is 1. The largest absolute Gasteiger partial charge is 0.493 e. The molecule has 0 aliphatic heterocycles. The second-order valence-corrected chi connectivity index (χ2v) is 5.93. The fraction of sp³-hybridized carbons (Fsp3) is 0.211. The van der Waals surface area contributed by atoms with Crippen LogP contribution in [0, 0.1) is 4.77 Å². The van der Waals surface area contributed by atoms with Crippen LogP contribution in [0.1, 0.15) is 23.9 Å². The van der Waals surface area contributed by atoms with Gasteiger partial charge in [0, 0.05) is 6.42 Å². The predicted octanol–water partition coefficient (Wildman–Crippen LogP) is 3.97. The van der Waals surface area contributed by atoms with Crippen LogP contribution in [-0.2, 0) is 13.0 Å². The van der Waals surface area contributed by atoms with Crippen LogP contribution < -0.4 is 9.47 Å². The molecule has 7 heteroatoms. The molecule has 26 heavy (non-hydrogen) atoms. The number of rotatable bonds is 7. The van der Waals surface area contributed by atoms with Crippen LogP contribution in [0.15, 0.2) is 53.6 Å². The average Bonchev–Trinajstić information content (AvgIpc) is 3.05. The van der Waals surface area contributed by atoms with Gasteiger partial charge < -0.3 is 9.47 Å².